The second-order valence-corrected chi connectivity index (χ2v) is 8.43. The second-order valence-electron chi connectivity index (χ2n) is 7.41. The molecule has 0 spiro atoms. The van der Waals surface area contributed by atoms with Crippen molar-refractivity contribution in [2.45, 2.75) is 30.0 Å². The van der Waals surface area contributed by atoms with Crippen molar-refractivity contribution in [3.05, 3.63) is 102 Å². The average Bonchev–Trinajstić information content (AvgIpc) is 2.79. The van der Waals surface area contributed by atoms with Gasteiger partial charge in [-0.1, -0.05) is 66.7 Å². The second kappa shape index (κ2) is 9.67. The smallest absolute Gasteiger partial charge is 0.226 e. The normalized spacial score (nSPS) is 14.7. The first-order valence-electron chi connectivity index (χ1n) is 10.2. The summed E-state index contributed by atoms with van der Waals surface area (Å²) < 4.78 is 0. The summed E-state index contributed by atoms with van der Waals surface area (Å²) in [5, 5.41) is 3.06. The Balaban J connectivity index is 1.48. The molecule has 0 aliphatic carbocycles. The average molecular weight is 429 g/mol. The highest BCUT2D eigenvalue weighted by Gasteiger charge is 2.28. The van der Waals surface area contributed by atoms with Gasteiger partial charge in [0.15, 0.2) is 0 Å². The van der Waals surface area contributed by atoms with Gasteiger partial charge in [0.05, 0.1) is 18.2 Å². The van der Waals surface area contributed by atoms with Crippen LogP contribution in [0.5, 0.6) is 0 Å². The van der Waals surface area contributed by atoms with Crippen molar-refractivity contribution in [3.63, 3.8) is 0 Å². The number of carbonyl (C=O) groups is 2. The van der Waals surface area contributed by atoms with E-state index in [2.05, 4.69) is 17.4 Å². The minimum atomic E-state index is -0.317. The Morgan fingerprint density at radius 3 is 2.45 bits per heavy atom. The standard InChI is InChI=1S/C26H24N2O2S/c1-19(29)28-16-15-21-11-5-6-12-22(21)24(28)17-26(30)27-23-13-7-8-14-25(23)31-18-20-9-3-2-4-10-20/h2-16,24H,17-18H2,1H3,(H,27,30)/t24-/m0/s1. The molecule has 1 N–H and O–H groups in total. The van der Waals surface area contributed by atoms with Gasteiger partial charge in [-0.25, -0.2) is 0 Å². The van der Waals surface area contributed by atoms with E-state index in [9.17, 15) is 9.59 Å². The number of rotatable bonds is 6. The predicted molar refractivity (Wildman–Crippen MR) is 126 cm³/mol. The van der Waals surface area contributed by atoms with Crippen LogP contribution in [0.25, 0.3) is 6.08 Å². The fourth-order valence-corrected chi connectivity index (χ4v) is 4.69. The molecule has 0 saturated carbocycles. The molecule has 5 heteroatoms. The van der Waals surface area contributed by atoms with Gasteiger partial charge in [0.2, 0.25) is 11.8 Å². The van der Waals surface area contributed by atoms with E-state index in [1.807, 2.05) is 72.8 Å². The summed E-state index contributed by atoms with van der Waals surface area (Å²) in [5.74, 6) is 0.628. The van der Waals surface area contributed by atoms with E-state index in [4.69, 9.17) is 0 Å². The van der Waals surface area contributed by atoms with Crippen LogP contribution in [-0.2, 0) is 15.3 Å². The van der Waals surface area contributed by atoms with Gasteiger partial charge < -0.3 is 10.2 Å². The first-order valence-corrected chi connectivity index (χ1v) is 11.2. The monoisotopic (exact) mass is 428 g/mol. The Morgan fingerprint density at radius 1 is 0.935 bits per heavy atom. The number of nitrogens with one attached hydrogen (secondary N) is 1. The van der Waals surface area contributed by atoms with Crippen LogP contribution in [-0.4, -0.2) is 16.7 Å². The van der Waals surface area contributed by atoms with E-state index < -0.39 is 0 Å². The Kier molecular flexibility index (Phi) is 6.53. The van der Waals surface area contributed by atoms with Gasteiger partial charge >= 0.3 is 0 Å². The van der Waals surface area contributed by atoms with Crippen molar-refractivity contribution in [1.82, 2.24) is 4.90 Å². The van der Waals surface area contributed by atoms with Gasteiger partial charge in [-0.05, 0) is 34.9 Å². The van der Waals surface area contributed by atoms with Crippen LogP contribution in [0.1, 0.15) is 36.1 Å². The summed E-state index contributed by atoms with van der Waals surface area (Å²) in [7, 11) is 0. The van der Waals surface area contributed by atoms with E-state index in [0.717, 1.165) is 27.5 Å². The van der Waals surface area contributed by atoms with Crippen LogP contribution in [0.4, 0.5) is 5.69 Å². The van der Waals surface area contributed by atoms with Crippen LogP contribution in [0, 0.1) is 0 Å². The molecule has 0 unspecified atom stereocenters. The minimum absolute atomic E-state index is 0.0811. The van der Waals surface area contributed by atoms with Gasteiger partial charge in [0, 0.05) is 23.8 Å². The highest BCUT2D eigenvalue weighted by molar-refractivity contribution is 7.98. The molecular weight excluding hydrogens is 404 g/mol. The molecule has 1 atom stereocenters. The number of fused-ring (bicyclic) bond motifs is 1. The predicted octanol–water partition coefficient (Wildman–Crippen LogP) is 5.88. The van der Waals surface area contributed by atoms with Gasteiger partial charge in [0.1, 0.15) is 0 Å². The summed E-state index contributed by atoms with van der Waals surface area (Å²) in [4.78, 5) is 27.8. The molecule has 0 aromatic heterocycles. The topological polar surface area (TPSA) is 49.4 Å². The molecule has 4 nitrogen and oxygen atoms in total. The lowest BCUT2D eigenvalue weighted by Crippen LogP contribution is -2.33. The van der Waals surface area contributed by atoms with Crippen molar-refractivity contribution < 1.29 is 9.59 Å². The summed E-state index contributed by atoms with van der Waals surface area (Å²) >= 11 is 1.69. The summed E-state index contributed by atoms with van der Waals surface area (Å²) in [6.45, 7) is 1.53. The van der Waals surface area contributed by atoms with Gasteiger partial charge in [-0.3, -0.25) is 9.59 Å². The molecule has 0 radical (unpaired) electrons. The van der Waals surface area contributed by atoms with Crippen LogP contribution < -0.4 is 5.32 Å². The molecule has 3 aromatic carbocycles. The molecule has 1 aliphatic heterocycles. The highest BCUT2D eigenvalue weighted by Crippen LogP contribution is 2.34. The number of nitrogens with zero attached hydrogens (tertiary/aromatic N) is 1. The maximum absolute atomic E-state index is 13.0. The first kappa shape index (κ1) is 20.9. The van der Waals surface area contributed by atoms with E-state index in [-0.39, 0.29) is 24.3 Å². The number of anilines is 1. The fourth-order valence-electron chi connectivity index (χ4n) is 3.72. The lowest BCUT2D eigenvalue weighted by Gasteiger charge is -2.32. The fraction of sp³-hybridized carbons (Fsp3) is 0.154. The van der Waals surface area contributed by atoms with Crippen molar-refractivity contribution in [2.24, 2.45) is 0 Å². The summed E-state index contributed by atoms with van der Waals surface area (Å²) in [6, 6.07) is 25.7. The number of para-hydroxylation sites is 1. The number of amides is 2. The van der Waals surface area contributed by atoms with E-state index in [0.29, 0.717) is 0 Å². The van der Waals surface area contributed by atoms with Crippen LogP contribution in [0.2, 0.25) is 0 Å². The van der Waals surface area contributed by atoms with Crippen LogP contribution in [0.3, 0.4) is 0 Å². The zero-order valence-electron chi connectivity index (χ0n) is 17.3. The molecule has 1 aliphatic rings. The molecule has 0 saturated heterocycles. The lowest BCUT2D eigenvalue weighted by atomic mass is 9.93. The molecule has 3 aromatic rings. The third kappa shape index (κ3) is 5.06. The Bertz CT molecular complexity index is 1110. The third-order valence-corrected chi connectivity index (χ3v) is 6.39. The molecule has 31 heavy (non-hydrogen) atoms. The van der Waals surface area contributed by atoms with Crippen molar-refractivity contribution in [1.29, 1.82) is 0 Å². The Hall–Kier alpha value is -3.31. The number of carbonyl (C=O) groups excluding carboxylic acids is 2. The van der Waals surface area contributed by atoms with E-state index in [1.54, 1.807) is 22.9 Å². The third-order valence-electron chi connectivity index (χ3n) is 5.25. The number of benzene rings is 3. The van der Waals surface area contributed by atoms with Crippen molar-refractivity contribution >= 4 is 35.3 Å². The maximum atomic E-state index is 13.0. The van der Waals surface area contributed by atoms with Crippen molar-refractivity contribution in [3.8, 4) is 0 Å². The Morgan fingerprint density at radius 2 is 1.65 bits per heavy atom. The molecule has 2 amide bonds. The van der Waals surface area contributed by atoms with Crippen molar-refractivity contribution in [2.75, 3.05) is 5.32 Å². The lowest BCUT2D eigenvalue weighted by molar-refractivity contribution is -0.129. The first-order chi connectivity index (χ1) is 15.1. The van der Waals surface area contributed by atoms with E-state index >= 15 is 0 Å². The SMILES string of the molecule is CC(=O)N1C=Cc2ccccc2[C@@H]1CC(=O)Nc1ccccc1SCc1ccccc1. The van der Waals surface area contributed by atoms with Gasteiger partial charge in [0.25, 0.3) is 0 Å². The molecule has 0 fully saturated rings. The quantitative estimate of drug-likeness (QED) is 0.499. The highest BCUT2D eigenvalue weighted by atomic mass is 32.2. The maximum Gasteiger partial charge on any atom is 0.226 e. The molecular formula is C26H24N2O2S. The minimum Gasteiger partial charge on any atom is -0.325 e. The van der Waals surface area contributed by atoms with Gasteiger partial charge in [-0.15, -0.1) is 11.8 Å². The van der Waals surface area contributed by atoms with Crippen LogP contribution >= 0.6 is 11.8 Å². The van der Waals surface area contributed by atoms with E-state index in [1.165, 1.54) is 12.5 Å². The largest absolute Gasteiger partial charge is 0.325 e. The zero-order valence-corrected chi connectivity index (χ0v) is 18.1. The molecule has 0 bridgehead atoms. The van der Waals surface area contributed by atoms with Crippen LogP contribution in [0.15, 0.2) is 90.0 Å². The molecule has 156 valence electrons. The number of hydrogen-bond acceptors (Lipinski definition) is 3. The number of thioether (sulfide) groups is 1. The zero-order chi connectivity index (χ0) is 21.6. The van der Waals surface area contributed by atoms with Gasteiger partial charge in [-0.2, -0.15) is 0 Å². The summed E-state index contributed by atoms with van der Waals surface area (Å²) in [6.07, 6.45) is 3.88. The molecule has 1 heterocycles. The molecule has 4 rings (SSSR count). The summed E-state index contributed by atoms with van der Waals surface area (Å²) in [5.41, 5.74) is 4.05. The number of hydrogen-bond donors (Lipinski definition) is 1. The Labute approximate surface area is 187 Å².